The van der Waals surface area contributed by atoms with Crippen LogP contribution >= 0.6 is 0 Å². The summed E-state index contributed by atoms with van der Waals surface area (Å²) < 4.78 is 55.8. The van der Waals surface area contributed by atoms with Crippen LogP contribution in [0.3, 0.4) is 0 Å². The zero-order chi connectivity index (χ0) is 24.2. The summed E-state index contributed by atoms with van der Waals surface area (Å²) in [4.78, 5) is 0. The fourth-order valence-corrected chi connectivity index (χ4v) is 4.64. The van der Waals surface area contributed by atoms with Crippen molar-refractivity contribution in [2.24, 2.45) is 7.05 Å². The van der Waals surface area contributed by atoms with Gasteiger partial charge in [0.05, 0.1) is 37.7 Å². The third-order valence-electron chi connectivity index (χ3n) is 6.48. The zero-order valence-corrected chi connectivity index (χ0v) is 19.1. The molecule has 0 spiro atoms. The van der Waals surface area contributed by atoms with Crippen LogP contribution in [0.1, 0.15) is 29.6 Å². The molecule has 3 heterocycles. The number of hydrogen-bond donors (Lipinski definition) is 1. The number of alkyl halides is 3. The maximum Gasteiger partial charge on any atom is 0.410 e. The summed E-state index contributed by atoms with van der Waals surface area (Å²) in [7, 11) is 4.86. The highest BCUT2D eigenvalue weighted by Crippen LogP contribution is 2.45. The van der Waals surface area contributed by atoms with Crippen molar-refractivity contribution in [3.63, 3.8) is 0 Å². The van der Waals surface area contributed by atoms with Gasteiger partial charge in [-0.05, 0) is 36.2 Å². The highest BCUT2D eigenvalue weighted by Gasteiger charge is 2.46. The van der Waals surface area contributed by atoms with Crippen molar-refractivity contribution in [2.45, 2.75) is 31.6 Å². The molecule has 10 heteroatoms. The van der Waals surface area contributed by atoms with Crippen molar-refractivity contribution in [3.05, 3.63) is 53.7 Å². The Balaban J connectivity index is 1.57. The van der Waals surface area contributed by atoms with Gasteiger partial charge in [0, 0.05) is 30.5 Å². The first-order valence-electron chi connectivity index (χ1n) is 10.8. The van der Waals surface area contributed by atoms with Gasteiger partial charge in [0.25, 0.3) is 0 Å². The number of aromatic nitrogens is 4. The Bertz CT molecular complexity index is 1380. The number of nitrogens with one attached hydrogen (secondary N) is 1. The summed E-state index contributed by atoms with van der Waals surface area (Å²) in [5, 5.41) is 12.9. The van der Waals surface area contributed by atoms with Crippen molar-refractivity contribution in [1.82, 2.24) is 19.6 Å². The Labute approximate surface area is 194 Å². The van der Waals surface area contributed by atoms with Gasteiger partial charge in [0.15, 0.2) is 17.5 Å². The first-order valence-corrected chi connectivity index (χ1v) is 10.8. The molecule has 178 valence electrons. The van der Waals surface area contributed by atoms with Crippen LogP contribution in [0.15, 0.2) is 42.6 Å². The highest BCUT2D eigenvalue weighted by molar-refractivity contribution is 5.88. The molecule has 1 aliphatic heterocycles. The molecule has 0 saturated carbocycles. The van der Waals surface area contributed by atoms with Gasteiger partial charge in [-0.1, -0.05) is 12.1 Å². The number of benzene rings is 2. The minimum absolute atomic E-state index is 0.201. The Hall–Kier alpha value is -3.69. The Morgan fingerprint density at radius 3 is 2.53 bits per heavy atom. The summed E-state index contributed by atoms with van der Waals surface area (Å²) in [5.74, 6) is 1.29. The van der Waals surface area contributed by atoms with Crippen LogP contribution in [0.5, 0.6) is 11.5 Å². The maximum absolute atomic E-state index is 14.1. The predicted octanol–water partition coefficient (Wildman–Crippen LogP) is 5.42. The third-order valence-corrected chi connectivity index (χ3v) is 6.48. The van der Waals surface area contributed by atoms with Gasteiger partial charge in [-0.2, -0.15) is 23.4 Å². The topological polar surface area (TPSA) is 66.1 Å². The molecule has 0 bridgehead atoms. The van der Waals surface area contributed by atoms with E-state index in [-0.39, 0.29) is 6.42 Å². The van der Waals surface area contributed by atoms with Crippen molar-refractivity contribution in [3.8, 4) is 22.8 Å². The average Bonchev–Trinajstić information content (AvgIpc) is 3.41. The lowest BCUT2D eigenvalue weighted by Gasteiger charge is -2.33. The molecule has 0 radical (unpaired) electrons. The van der Waals surface area contributed by atoms with Crippen LogP contribution < -0.4 is 14.8 Å². The van der Waals surface area contributed by atoms with Gasteiger partial charge in [-0.25, -0.2) is 4.68 Å². The molecule has 2 aromatic carbocycles. The van der Waals surface area contributed by atoms with E-state index in [9.17, 15) is 13.2 Å². The lowest BCUT2D eigenvalue weighted by Crippen LogP contribution is -2.35. The summed E-state index contributed by atoms with van der Waals surface area (Å²) >= 11 is 0. The number of methoxy groups -OCH3 is 2. The van der Waals surface area contributed by atoms with Gasteiger partial charge >= 0.3 is 6.18 Å². The molecule has 7 nitrogen and oxygen atoms in total. The molecule has 4 aromatic rings. The van der Waals surface area contributed by atoms with Crippen LogP contribution in [0.4, 0.5) is 19.0 Å². The molecule has 5 rings (SSSR count). The maximum atomic E-state index is 14.1. The van der Waals surface area contributed by atoms with Gasteiger partial charge in [0.2, 0.25) is 0 Å². The fourth-order valence-electron chi connectivity index (χ4n) is 4.64. The molecule has 0 amide bonds. The molecule has 1 N–H and O–H groups in total. The third kappa shape index (κ3) is 3.53. The van der Waals surface area contributed by atoms with Gasteiger partial charge in [0.1, 0.15) is 5.82 Å². The SMILES string of the molecule is COc1ccc([C@@H]2C[C@H](C(F)(F)F)n3nc(-c4ccc5c(cnn5C)c4C)cc3N2)cc1OC. The number of fused-ring (bicyclic) bond motifs is 2. The molecular weight excluding hydrogens is 447 g/mol. The molecule has 0 aliphatic carbocycles. The van der Waals surface area contributed by atoms with E-state index in [1.54, 1.807) is 35.1 Å². The fraction of sp³-hybridized carbons (Fsp3) is 0.333. The lowest BCUT2D eigenvalue weighted by molar-refractivity contribution is -0.173. The largest absolute Gasteiger partial charge is 0.493 e. The van der Waals surface area contributed by atoms with Crippen LogP contribution in [-0.2, 0) is 7.05 Å². The summed E-state index contributed by atoms with van der Waals surface area (Å²) in [6.45, 7) is 1.93. The Morgan fingerprint density at radius 2 is 1.82 bits per heavy atom. The molecule has 1 aliphatic rings. The van der Waals surface area contributed by atoms with Crippen LogP contribution in [0.2, 0.25) is 0 Å². The molecule has 0 saturated heterocycles. The van der Waals surface area contributed by atoms with E-state index in [0.717, 1.165) is 26.7 Å². The smallest absolute Gasteiger partial charge is 0.410 e. The Morgan fingerprint density at radius 1 is 1.06 bits per heavy atom. The minimum atomic E-state index is -4.46. The number of aryl methyl sites for hydroxylation is 2. The summed E-state index contributed by atoms with van der Waals surface area (Å²) in [6, 6.07) is 8.27. The number of hydrogen-bond acceptors (Lipinski definition) is 5. The second kappa shape index (κ2) is 7.96. The monoisotopic (exact) mass is 471 g/mol. The predicted molar refractivity (Wildman–Crippen MR) is 122 cm³/mol. The number of rotatable bonds is 4. The zero-order valence-electron chi connectivity index (χ0n) is 19.1. The second-order valence-electron chi connectivity index (χ2n) is 8.40. The van der Waals surface area contributed by atoms with Crippen LogP contribution in [-0.4, -0.2) is 40.0 Å². The average molecular weight is 471 g/mol. The highest BCUT2D eigenvalue weighted by atomic mass is 19.4. The lowest BCUT2D eigenvalue weighted by atomic mass is 9.96. The van der Waals surface area contributed by atoms with Crippen molar-refractivity contribution < 1.29 is 22.6 Å². The van der Waals surface area contributed by atoms with Crippen molar-refractivity contribution in [2.75, 3.05) is 19.5 Å². The van der Waals surface area contributed by atoms with E-state index in [1.807, 2.05) is 26.1 Å². The molecule has 2 aromatic heterocycles. The van der Waals surface area contributed by atoms with E-state index >= 15 is 0 Å². The first kappa shape index (κ1) is 22.1. The van der Waals surface area contributed by atoms with E-state index < -0.39 is 18.3 Å². The summed E-state index contributed by atoms with van der Waals surface area (Å²) in [6.07, 6.45) is -2.90. The molecular formula is C24H24F3N5O2. The summed E-state index contributed by atoms with van der Waals surface area (Å²) in [5.41, 5.74) is 3.79. The normalized spacial score (nSPS) is 18.0. The van der Waals surface area contributed by atoms with Crippen molar-refractivity contribution in [1.29, 1.82) is 0 Å². The molecule has 0 unspecified atom stereocenters. The first-order chi connectivity index (χ1) is 16.2. The Kier molecular flexibility index (Phi) is 5.18. The van der Waals surface area contributed by atoms with Gasteiger partial charge < -0.3 is 14.8 Å². The molecule has 2 atom stereocenters. The van der Waals surface area contributed by atoms with E-state index in [4.69, 9.17) is 9.47 Å². The van der Waals surface area contributed by atoms with Gasteiger partial charge in [-0.3, -0.25) is 4.68 Å². The standard InChI is InChI=1S/C24H24F3N5O2/c1-13-15(6-7-19-16(13)12-28-31(19)2)18-11-23-29-17(10-22(24(25,26)27)32(23)30-18)14-5-8-20(33-3)21(9-14)34-4/h5-9,11-12,17,22,29H,10H2,1-4H3/t17-,22+/m0/s1. The second-order valence-corrected chi connectivity index (χ2v) is 8.40. The molecule has 34 heavy (non-hydrogen) atoms. The number of nitrogens with zero attached hydrogens (tertiary/aromatic N) is 4. The number of anilines is 1. The number of halogens is 3. The van der Waals surface area contributed by atoms with E-state index in [0.29, 0.717) is 28.6 Å². The number of ether oxygens (including phenoxy) is 2. The van der Waals surface area contributed by atoms with Crippen LogP contribution in [0.25, 0.3) is 22.2 Å². The van der Waals surface area contributed by atoms with E-state index in [1.165, 1.54) is 14.2 Å². The van der Waals surface area contributed by atoms with E-state index in [2.05, 4.69) is 15.5 Å². The van der Waals surface area contributed by atoms with Crippen LogP contribution in [0, 0.1) is 6.92 Å². The minimum Gasteiger partial charge on any atom is -0.493 e. The quantitative estimate of drug-likeness (QED) is 0.430. The van der Waals surface area contributed by atoms with Crippen molar-refractivity contribution >= 4 is 16.7 Å². The molecule has 0 fully saturated rings. The van der Waals surface area contributed by atoms with Gasteiger partial charge in [-0.15, -0.1) is 0 Å².